The molecule has 0 aliphatic heterocycles. The van der Waals surface area contributed by atoms with Crippen LogP contribution in [0.3, 0.4) is 0 Å². The minimum absolute atomic E-state index is 0. The predicted molar refractivity (Wildman–Crippen MR) is 121 cm³/mol. The number of likely N-dealkylation sites (N-methyl/N-ethyl adjacent to an activating group) is 1. The van der Waals surface area contributed by atoms with Crippen LogP contribution in [0.2, 0.25) is 0 Å². The zero-order valence-electron chi connectivity index (χ0n) is 17.4. The van der Waals surface area contributed by atoms with Gasteiger partial charge >= 0.3 is 0 Å². The lowest BCUT2D eigenvalue weighted by atomic mass is 10.1. The van der Waals surface area contributed by atoms with E-state index >= 15 is 0 Å². The number of nitrogens with zero attached hydrogens (tertiary/aromatic N) is 3. The molecule has 6 nitrogen and oxygen atoms in total. The van der Waals surface area contributed by atoms with Gasteiger partial charge in [0.2, 0.25) is 0 Å². The van der Waals surface area contributed by atoms with E-state index in [9.17, 15) is 5.26 Å². The molecule has 0 fully saturated rings. The molecule has 1 aromatic heterocycles. The van der Waals surface area contributed by atoms with Gasteiger partial charge in [0.15, 0.2) is 5.58 Å². The number of allylic oxidation sites excluding steroid dienone is 1. The number of hydrogen-bond donors (Lipinski definition) is 0. The Hall–Kier alpha value is -3.01. The molecule has 3 rings (SSSR count). The van der Waals surface area contributed by atoms with Gasteiger partial charge in [-0.3, -0.25) is 0 Å². The van der Waals surface area contributed by atoms with Gasteiger partial charge in [0, 0.05) is 6.54 Å². The minimum atomic E-state index is 0. The maximum Gasteiger partial charge on any atom is 0.167 e. The van der Waals surface area contributed by atoms with Gasteiger partial charge in [-0.25, -0.2) is 0 Å². The summed E-state index contributed by atoms with van der Waals surface area (Å²) in [6, 6.07) is 15.3. The smallest absolute Gasteiger partial charge is 0.167 e. The Morgan fingerprint density at radius 1 is 1.13 bits per heavy atom. The second kappa shape index (κ2) is 11.2. The first-order valence-corrected chi connectivity index (χ1v) is 9.69. The molecular weight excluding hydrogens is 402 g/mol. The Balaban J connectivity index is 0.00000320. The maximum absolute atomic E-state index is 9.65. The molecule has 2 aromatic carbocycles. The predicted octanol–water partition coefficient (Wildman–Crippen LogP) is 5.04. The zero-order valence-corrected chi connectivity index (χ0v) is 18.2. The summed E-state index contributed by atoms with van der Waals surface area (Å²) < 4.78 is 16.4. The molecule has 0 aliphatic rings. The molecule has 0 saturated heterocycles. The molecule has 0 radical (unpaired) electrons. The first-order valence-electron chi connectivity index (χ1n) is 9.69. The van der Waals surface area contributed by atoms with Gasteiger partial charge in [-0.15, -0.1) is 12.4 Å². The third-order valence-corrected chi connectivity index (χ3v) is 4.81. The fraction of sp³-hybridized carbons (Fsp3) is 0.304. The second-order valence-electron chi connectivity index (χ2n) is 6.51. The average molecular weight is 428 g/mol. The molecule has 0 aliphatic carbocycles. The third kappa shape index (κ3) is 5.53. The Morgan fingerprint density at radius 3 is 2.47 bits per heavy atom. The van der Waals surface area contributed by atoms with Crippen molar-refractivity contribution in [1.82, 2.24) is 10.1 Å². The number of halogens is 1. The molecule has 0 amide bonds. The Bertz CT molecular complexity index is 1020. The van der Waals surface area contributed by atoms with Crippen LogP contribution in [0, 0.1) is 11.3 Å². The number of ether oxygens (including phenoxy) is 2. The van der Waals surface area contributed by atoms with Crippen molar-refractivity contribution in [3.63, 3.8) is 0 Å². The van der Waals surface area contributed by atoms with E-state index in [-0.39, 0.29) is 12.4 Å². The highest BCUT2D eigenvalue weighted by molar-refractivity contribution is 5.99. The molecule has 0 unspecified atom stereocenters. The van der Waals surface area contributed by atoms with Crippen LogP contribution < -0.4 is 9.47 Å². The van der Waals surface area contributed by atoms with Crippen molar-refractivity contribution in [3.8, 4) is 17.6 Å². The van der Waals surface area contributed by atoms with Crippen LogP contribution in [0.15, 0.2) is 47.0 Å². The van der Waals surface area contributed by atoms with Gasteiger partial charge in [-0.2, -0.15) is 5.26 Å². The van der Waals surface area contributed by atoms with Crippen LogP contribution in [0.25, 0.3) is 22.6 Å². The Kier molecular flexibility index (Phi) is 8.72. The molecule has 0 spiro atoms. The summed E-state index contributed by atoms with van der Waals surface area (Å²) in [5.74, 6) is 1.50. The monoisotopic (exact) mass is 427 g/mol. The van der Waals surface area contributed by atoms with Crippen molar-refractivity contribution in [3.05, 3.63) is 53.7 Å². The Morgan fingerprint density at radius 2 is 1.83 bits per heavy atom. The van der Waals surface area contributed by atoms with Crippen molar-refractivity contribution in [2.75, 3.05) is 33.4 Å². The summed E-state index contributed by atoms with van der Waals surface area (Å²) in [7, 11) is 1.60. The highest BCUT2D eigenvalue weighted by atomic mass is 35.5. The summed E-state index contributed by atoms with van der Waals surface area (Å²) in [6.45, 7) is 7.87. The number of aromatic nitrogens is 1. The summed E-state index contributed by atoms with van der Waals surface area (Å²) in [5, 5.41) is 14.5. The van der Waals surface area contributed by atoms with Gasteiger partial charge in [0.1, 0.15) is 29.9 Å². The quantitative estimate of drug-likeness (QED) is 0.445. The van der Waals surface area contributed by atoms with E-state index in [4.69, 9.17) is 14.0 Å². The van der Waals surface area contributed by atoms with Crippen molar-refractivity contribution < 1.29 is 14.0 Å². The fourth-order valence-corrected chi connectivity index (χ4v) is 3.05. The maximum atomic E-state index is 9.65. The number of rotatable bonds is 9. The van der Waals surface area contributed by atoms with E-state index in [2.05, 4.69) is 30.0 Å². The third-order valence-electron chi connectivity index (χ3n) is 4.81. The topological polar surface area (TPSA) is 71.5 Å². The lowest BCUT2D eigenvalue weighted by molar-refractivity contribution is 0.223. The van der Waals surface area contributed by atoms with Crippen molar-refractivity contribution >= 4 is 35.0 Å². The molecule has 0 N–H and O–H groups in total. The van der Waals surface area contributed by atoms with Crippen molar-refractivity contribution in [2.45, 2.75) is 13.8 Å². The summed E-state index contributed by atoms with van der Waals surface area (Å²) in [4.78, 5) is 2.31. The van der Waals surface area contributed by atoms with E-state index in [0.717, 1.165) is 36.3 Å². The van der Waals surface area contributed by atoms with E-state index in [0.29, 0.717) is 29.2 Å². The van der Waals surface area contributed by atoms with E-state index in [1.165, 1.54) is 0 Å². The average Bonchev–Trinajstić information content (AvgIpc) is 3.19. The molecule has 30 heavy (non-hydrogen) atoms. The summed E-state index contributed by atoms with van der Waals surface area (Å²) >= 11 is 0. The second-order valence-corrected chi connectivity index (χ2v) is 6.51. The highest BCUT2D eigenvalue weighted by Gasteiger charge is 2.14. The lowest BCUT2D eigenvalue weighted by Gasteiger charge is -2.17. The number of hydrogen-bond acceptors (Lipinski definition) is 6. The van der Waals surface area contributed by atoms with Gasteiger partial charge in [-0.05, 0) is 55.1 Å². The first kappa shape index (κ1) is 23.3. The molecule has 7 heteroatoms. The molecule has 158 valence electrons. The standard InChI is InChI=1S/C23H25N3O3.ClH/c1-4-26(5-2)12-13-28-19-8-6-17(7-9-19)14-18(16-24)23-21-15-20(27-3)10-11-22(21)29-25-23;/h6-11,14-15H,4-5,12-13H2,1-3H3;1H/b18-14+;. The fourth-order valence-electron chi connectivity index (χ4n) is 3.05. The van der Waals surface area contributed by atoms with Crippen LogP contribution in [-0.2, 0) is 0 Å². The summed E-state index contributed by atoms with van der Waals surface area (Å²) in [6.07, 6.45) is 1.79. The summed E-state index contributed by atoms with van der Waals surface area (Å²) in [5.41, 5.74) is 2.42. The van der Waals surface area contributed by atoms with Crippen LogP contribution in [-0.4, -0.2) is 43.4 Å². The lowest BCUT2D eigenvalue weighted by Crippen LogP contribution is -2.27. The molecule has 0 atom stereocenters. The van der Waals surface area contributed by atoms with E-state index < -0.39 is 0 Å². The molecular formula is C23H26ClN3O3. The highest BCUT2D eigenvalue weighted by Crippen LogP contribution is 2.29. The van der Waals surface area contributed by atoms with Gasteiger partial charge in [0.25, 0.3) is 0 Å². The molecule has 0 bridgehead atoms. The van der Waals surface area contributed by atoms with E-state index in [1.54, 1.807) is 25.3 Å². The SMILES string of the molecule is CCN(CC)CCOc1ccc(/C=C(\C#N)c2noc3ccc(OC)cc23)cc1.Cl. The number of fused-ring (bicyclic) bond motifs is 1. The van der Waals surface area contributed by atoms with Gasteiger partial charge in [-0.1, -0.05) is 31.1 Å². The molecule has 3 aromatic rings. The molecule has 1 heterocycles. The van der Waals surface area contributed by atoms with Crippen molar-refractivity contribution in [2.24, 2.45) is 0 Å². The zero-order chi connectivity index (χ0) is 20.6. The molecule has 0 saturated carbocycles. The Labute approximate surface area is 183 Å². The minimum Gasteiger partial charge on any atom is -0.497 e. The number of nitriles is 1. The van der Waals surface area contributed by atoms with Crippen LogP contribution >= 0.6 is 12.4 Å². The number of methoxy groups -OCH3 is 1. The van der Waals surface area contributed by atoms with Crippen LogP contribution in [0.5, 0.6) is 11.5 Å². The van der Waals surface area contributed by atoms with Gasteiger partial charge in [0.05, 0.1) is 18.1 Å². The first-order chi connectivity index (χ1) is 14.2. The van der Waals surface area contributed by atoms with Gasteiger partial charge < -0.3 is 18.9 Å². The van der Waals surface area contributed by atoms with Crippen LogP contribution in [0.4, 0.5) is 0 Å². The largest absolute Gasteiger partial charge is 0.497 e. The van der Waals surface area contributed by atoms with E-state index in [1.807, 2.05) is 30.3 Å². The van der Waals surface area contributed by atoms with Crippen LogP contribution in [0.1, 0.15) is 25.1 Å². The normalized spacial score (nSPS) is 11.2. The van der Waals surface area contributed by atoms with Crippen molar-refractivity contribution in [1.29, 1.82) is 5.26 Å². The number of benzene rings is 2.